The smallest absolute Gasteiger partial charge is 0.0735 e. The van der Waals surface area contributed by atoms with Gasteiger partial charge < -0.3 is 9.84 Å². The lowest BCUT2D eigenvalue weighted by Crippen LogP contribution is -2.23. The van der Waals surface area contributed by atoms with Crippen LogP contribution >= 0.6 is 11.6 Å². The Morgan fingerprint density at radius 2 is 1.88 bits per heavy atom. The first kappa shape index (κ1) is 12.9. The molecule has 0 atom stereocenters. The number of hydrogen-bond acceptors (Lipinski definition) is 2. The van der Waals surface area contributed by atoms with E-state index < -0.39 is 0 Å². The normalized spacial score (nSPS) is 24.8. The number of hydrogen-bond donors (Lipinski definition) is 1. The molecule has 3 heteroatoms. The fourth-order valence-electron chi connectivity index (χ4n) is 2.30. The summed E-state index contributed by atoms with van der Waals surface area (Å²) in [6.45, 7) is 0.908. The molecule has 0 spiro atoms. The molecule has 2 nitrogen and oxygen atoms in total. The fourth-order valence-corrected chi connectivity index (χ4v) is 2.49. The predicted octanol–water partition coefficient (Wildman–Crippen LogP) is 3.41. The first-order valence-corrected chi connectivity index (χ1v) is 6.63. The van der Waals surface area contributed by atoms with Gasteiger partial charge in [0.05, 0.1) is 12.7 Å². The SMILES string of the molecule is OCC1CCC(OCc2ccccc2Cl)CC1. The molecule has 0 bridgehead atoms. The van der Waals surface area contributed by atoms with Crippen LogP contribution in [0.25, 0.3) is 0 Å². The van der Waals surface area contributed by atoms with Crippen LogP contribution in [0.5, 0.6) is 0 Å². The summed E-state index contributed by atoms with van der Waals surface area (Å²) in [5.74, 6) is 0.482. The molecular weight excluding hydrogens is 236 g/mol. The maximum absolute atomic E-state index is 9.06. The van der Waals surface area contributed by atoms with Crippen molar-refractivity contribution in [3.8, 4) is 0 Å². The Balaban J connectivity index is 1.78. The van der Waals surface area contributed by atoms with E-state index in [-0.39, 0.29) is 0 Å². The zero-order chi connectivity index (χ0) is 12.1. The van der Waals surface area contributed by atoms with Crippen LogP contribution in [0.1, 0.15) is 31.2 Å². The molecule has 1 aliphatic carbocycles. The predicted molar refractivity (Wildman–Crippen MR) is 69.1 cm³/mol. The average molecular weight is 255 g/mol. The molecule has 2 rings (SSSR count). The Morgan fingerprint density at radius 3 is 2.53 bits per heavy atom. The van der Waals surface area contributed by atoms with E-state index >= 15 is 0 Å². The average Bonchev–Trinajstić information content (AvgIpc) is 2.38. The van der Waals surface area contributed by atoms with E-state index in [1.807, 2.05) is 24.3 Å². The summed E-state index contributed by atoms with van der Waals surface area (Å²) in [5, 5.41) is 9.84. The largest absolute Gasteiger partial charge is 0.396 e. The van der Waals surface area contributed by atoms with Gasteiger partial charge in [-0.1, -0.05) is 29.8 Å². The molecule has 1 fully saturated rings. The molecule has 94 valence electrons. The third-order valence-corrected chi connectivity index (χ3v) is 3.85. The number of aliphatic hydroxyl groups is 1. The topological polar surface area (TPSA) is 29.5 Å². The minimum Gasteiger partial charge on any atom is -0.396 e. The number of benzene rings is 1. The van der Waals surface area contributed by atoms with Gasteiger partial charge in [0, 0.05) is 11.6 Å². The van der Waals surface area contributed by atoms with E-state index in [9.17, 15) is 0 Å². The van der Waals surface area contributed by atoms with Gasteiger partial charge in [0.25, 0.3) is 0 Å². The van der Waals surface area contributed by atoms with Gasteiger partial charge in [-0.25, -0.2) is 0 Å². The molecule has 0 heterocycles. The summed E-state index contributed by atoms with van der Waals surface area (Å²) < 4.78 is 5.88. The first-order valence-electron chi connectivity index (χ1n) is 6.25. The summed E-state index contributed by atoms with van der Waals surface area (Å²) in [7, 11) is 0. The maximum atomic E-state index is 9.06. The standard InChI is InChI=1S/C14H19ClO2/c15-14-4-2-1-3-12(14)10-17-13-7-5-11(9-16)6-8-13/h1-4,11,13,16H,5-10H2. The first-order chi connectivity index (χ1) is 8.29. The Labute approximate surface area is 108 Å². The molecule has 17 heavy (non-hydrogen) atoms. The number of halogens is 1. The lowest BCUT2D eigenvalue weighted by Gasteiger charge is -2.27. The highest BCUT2D eigenvalue weighted by atomic mass is 35.5. The highest BCUT2D eigenvalue weighted by molar-refractivity contribution is 6.31. The molecule has 1 aromatic carbocycles. The van der Waals surface area contributed by atoms with Gasteiger partial charge in [0.15, 0.2) is 0 Å². The minimum atomic E-state index is 0.317. The second kappa shape index (κ2) is 6.39. The van der Waals surface area contributed by atoms with Crippen LogP contribution in [0.15, 0.2) is 24.3 Å². The van der Waals surface area contributed by atoms with Crippen LogP contribution in [0.2, 0.25) is 5.02 Å². The van der Waals surface area contributed by atoms with E-state index in [1.165, 1.54) is 0 Å². The van der Waals surface area contributed by atoms with E-state index in [0.29, 0.717) is 25.2 Å². The quantitative estimate of drug-likeness (QED) is 0.892. The lowest BCUT2D eigenvalue weighted by atomic mass is 9.88. The van der Waals surface area contributed by atoms with Crippen molar-refractivity contribution in [2.45, 2.75) is 38.4 Å². The van der Waals surface area contributed by atoms with Crippen molar-refractivity contribution in [3.63, 3.8) is 0 Å². The van der Waals surface area contributed by atoms with Gasteiger partial charge in [-0.15, -0.1) is 0 Å². The monoisotopic (exact) mass is 254 g/mol. The van der Waals surface area contributed by atoms with Crippen molar-refractivity contribution < 1.29 is 9.84 Å². The van der Waals surface area contributed by atoms with Gasteiger partial charge in [0.2, 0.25) is 0 Å². The van der Waals surface area contributed by atoms with Crippen molar-refractivity contribution in [1.29, 1.82) is 0 Å². The second-order valence-electron chi connectivity index (χ2n) is 4.73. The molecule has 1 aliphatic rings. The van der Waals surface area contributed by atoms with Crippen molar-refractivity contribution in [1.82, 2.24) is 0 Å². The fraction of sp³-hybridized carbons (Fsp3) is 0.571. The molecule has 0 saturated heterocycles. The molecular formula is C14H19ClO2. The lowest BCUT2D eigenvalue weighted by molar-refractivity contribution is 0.00124. The van der Waals surface area contributed by atoms with E-state index in [1.54, 1.807) is 0 Å². The Hall–Kier alpha value is -0.570. The van der Waals surface area contributed by atoms with Crippen LogP contribution < -0.4 is 0 Å². The molecule has 1 saturated carbocycles. The summed E-state index contributed by atoms with van der Waals surface area (Å²) in [4.78, 5) is 0. The van der Waals surface area contributed by atoms with Crippen LogP contribution in [0.3, 0.4) is 0 Å². The number of aliphatic hydroxyl groups excluding tert-OH is 1. The Kier molecular flexibility index (Phi) is 4.84. The number of rotatable bonds is 4. The zero-order valence-electron chi connectivity index (χ0n) is 9.94. The maximum Gasteiger partial charge on any atom is 0.0735 e. The van der Waals surface area contributed by atoms with Crippen molar-refractivity contribution >= 4 is 11.6 Å². The Bertz CT molecular complexity index is 346. The third kappa shape index (κ3) is 3.70. The summed E-state index contributed by atoms with van der Waals surface area (Å²) >= 11 is 6.07. The zero-order valence-corrected chi connectivity index (χ0v) is 10.7. The van der Waals surface area contributed by atoms with Crippen molar-refractivity contribution in [3.05, 3.63) is 34.9 Å². The minimum absolute atomic E-state index is 0.317. The molecule has 0 amide bonds. The summed E-state index contributed by atoms with van der Waals surface area (Å²) in [6, 6.07) is 7.80. The van der Waals surface area contributed by atoms with Gasteiger partial charge in [-0.05, 0) is 43.2 Å². The summed E-state index contributed by atoms with van der Waals surface area (Å²) in [5.41, 5.74) is 1.05. The van der Waals surface area contributed by atoms with E-state index in [4.69, 9.17) is 21.4 Å². The van der Waals surface area contributed by atoms with E-state index in [0.717, 1.165) is 36.3 Å². The van der Waals surface area contributed by atoms with E-state index in [2.05, 4.69) is 0 Å². The van der Waals surface area contributed by atoms with Gasteiger partial charge in [0.1, 0.15) is 0 Å². The summed E-state index contributed by atoms with van der Waals surface area (Å²) in [6.07, 6.45) is 4.58. The molecule has 1 aromatic rings. The van der Waals surface area contributed by atoms with Gasteiger partial charge in [-0.3, -0.25) is 0 Å². The number of ether oxygens (including phenoxy) is 1. The highest BCUT2D eigenvalue weighted by Crippen LogP contribution is 2.27. The molecule has 0 unspecified atom stereocenters. The molecule has 1 N–H and O–H groups in total. The molecule has 0 aromatic heterocycles. The van der Waals surface area contributed by atoms with Crippen LogP contribution in [0.4, 0.5) is 0 Å². The third-order valence-electron chi connectivity index (χ3n) is 3.48. The van der Waals surface area contributed by atoms with Crippen LogP contribution in [-0.2, 0) is 11.3 Å². The van der Waals surface area contributed by atoms with Crippen molar-refractivity contribution in [2.75, 3.05) is 6.61 Å². The highest BCUT2D eigenvalue weighted by Gasteiger charge is 2.21. The van der Waals surface area contributed by atoms with Crippen LogP contribution in [0, 0.1) is 5.92 Å². The second-order valence-corrected chi connectivity index (χ2v) is 5.13. The molecule has 0 radical (unpaired) electrons. The van der Waals surface area contributed by atoms with Crippen LogP contribution in [-0.4, -0.2) is 17.8 Å². The Morgan fingerprint density at radius 1 is 1.18 bits per heavy atom. The van der Waals surface area contributed by atoms with Gasteiger partial charge in [-0.2, -0.15) is 0 Å². The van der Waals surface area contributed by atoms with Gasteiger partial charge >= 0.3 is 0 Å². The van der Waals surface area contributed by atoms with Crippen molar-refractivity contribution in [2.24, 2.45) is 5.92 Å². The molecule has 0 aliphatic heterocycles.